The van der Waals surface area contributed by atoms with E-state index in [1.807, 2.05) is 51.1 Å². The molecule has 5 heteroatoms. The van der Waals surface area contributed by atoms with E-state index in [4.69, 9.17) is 9.47 Å². The van der Waals surface area contributed by atoms with Gasteiger partial charge in [0.25, 0.3) is 0 Å². The Bertz CT molecular complexity index is 841. The van der Waals surface area contributed by atoms with Gasteiger partial charge in [0.15, 0.2) is 0 Å². The fourth-order valence-corrected chi connectivity index (χ4v) is 3.08. The third-order valence-electron chi connectivity index (χ3n) is 3.62. The lowest BCUT2D eigenvalue weighted by molar-refractivity contribution is -0.129. The monoisotopic (exact) mass is 413 g/mol. The number of nitriles is 1. The van der Waals surface area contributed by atoms with Crippen LogP contribution in [-0.4, -0.2) is 12.6 Å². The van der Waals surface area contributed by atoms with Crippen molar-refractivity contribution in [3.05, 3.63) is 63.1 Å². The van der Waals surface area contributed by atoms with Crippen LogP contribution in [0.2, 0.25) is 0 Å². The summed E-state index contributed by atoms with van der Waals surface area (Å²) in [6.45, 7) is 6.39. The number of ether oxygens (including phenoxy) is 2. The molecule has 2 aromatic rings. The molecular weight excluding hydrogens is 394 g/mol. The molecule has 2 aromatic carbocycles. The van der Waals surface area contributed by atoms with Crippen molar-refractivity contribution in [2.75, 3.05) is 6.61 Å². The van der Waals surface area contributed by atoms with E-state index in [9.17, 15) is 10.1 Å². The van der Waals surface area contributed by atoms with Crippen LogP contribution in [0, 0.1) is 25.2 Å². The van der Waals surface area contributed by atoms with Crippen molar-refractivity contribution >= 4 is 28.0 Å². The zero-order chi connectivity index (χ0) is 19.1. The minimum absolute atomic E-state index is 0.0612. The molecule has 0 aliphatic carbocycles. The molecule has 0 amide bonds. The molecule has 0 heterocycles. The molecular formula is C21H20BrNO3. The SMILES string of the molecule is CCCOc1ccc(/C=C(/C#N)C(=O)Oc2c(C)cc(Br)cc2C)cc1. The Kier molecular flexibility index (Phi) is 6.99. The van der Waals surface area contributed by atoms with Crippen LogP contribution >= 0.6 is 15.9 Å². The maximum absolute atomic E-state index is 12.4. The lowest BCUT2D eigenvalue weighted by Crippen LogP contribution is -2.12. The molecule has 0 bridgehead atoms. The number of carbonyl (C=O) groups is 1. The standard InChI is InChI=1S/C21H20BrNO3/c1-4-9-25-19-7-5-16(6-8-19)12-17(13-23)21(24)26-20-14(2)10-18(22)11-15(20)3/h5-8,10-12H,4,9H2,1-3H3/b17-12-. The summed E-state index contributed by atoms with van der Waals surface area (Å²) in [4.78, 5) is 12.4. The predicted molar refractivity (Wildman–Crippen MR) is 105 cm³/mol. The molecule has 134 valence electrons. The molecule has 0 aliphatic heterocycles. The van der Waals surface area contributed by atoms with Gasteiger partial charge < -0.3 is 9.47 Å². The van der Waals surface area contributed by atoms with Crippen molar-refractivity contribution in [3.8, 4) is 17.6 Å². The summed E-state index contributed by atoms with van der Waals surface area (Å²) in [6, 6.07) is 12.9. The summed E-state index contributed by atoms with van der Waals surface area (Å²) in [7, 11) is 0. The molecule has 0 saturated carbocycles. The van der Waals surface area contributed by atoms with Gasteiger partial charge in [-0.1, -0.05) is 35.0 Å². The fraction of sp³-hybridized carbons (Fsp3) is 0.238. The maximum Gasteiger partial charge on any atom is 0.354 e. The Labute approximate surface area is 162 Å². The summed E-state index contributed by atoms with van der Waals surface area (Å²) in [6.07, 6.45) is 2.44. The zero-order valence-corrected chi connectivity index (χ0v) is 16.6. The Hall–Kier alpha value is -2.58. The smallest absolute Gasteiger partial charge is 0.354 e. The first-order chi connectivity index (χ1) is 12.4. The molecule has 0 radical (unpaired) electrons. The van der Waals surface area contributed by atoms with Crippen molar-refractivity contribution in [2.45, 2.75) is 27.2 Å². The molecule has 0 fully saturated rings. The molecule has 0 aromatic heterocycles. The minimum atomic E-state index is -0.674. The summed E-state index contributed by atoms with van der Waals surface area (Å²) in [5, 5.41) is 9.34. The van der Waals surface area contributed by atoms with Gasteiger partial charge in [0, 0.05) is 4.47 Å². The van der Waals surface area contributed by atoms with Crippen LogP contribution in [0.15, 0.2) is 46.4 Å². The molecule has 4 nitrogen and oxygen atoms in total. The Morgan fingerprint density at radius 2 is 1.81 bits per heavy atom. The van der Waals surface area contributed by atoms with Gasteiger partial charge in [-0.2, -0.15) is 5.26 Å². The van der Waals surface area contributed by atoms with Gasteiger partial charge in [-0.25, -0.2) is 4.79 Å². The van der Waals surface area contributed by atoms with Crippen molar-refractivity contribution in [1.29, 1.82) is 5.26 Å². The average Bonchev–Trinajstić information content (AvgIpc) is 2.61. The van der Waals surface area contributed by atoms with Crippen LogP contribution in [0.4, 0.5) is 0 Å². The molecule has 26 heavy (non-hydrogen) atoms. The van der Waals surface area contributed by atoms with E-state index < -0.39 is 5.97 Å². The molecule has 0 N–H and O–H groups in total. The Balaban J connectivity index is 2.18. The number of esters is 1. The second-order valence-electron chi connectivity index (χ2n) is 5.85. The maximum atomic E-state index is 12.4. The number of hydrogen-bond acceptors (Lipinski definition) is 4. The third kappa shape index (κ3) is 5.21. The molecule has 2 rings (SSSR count). The lowest BCUT2D eigenvalue weighted by Gasteiger charge is -2.10. The van der Waals surface area contributed by atoms with Crippen molar-refractivity contribution in [2.24, 2.45) is 0 Å². The lowest BCUT2D eigenvalue weighted by atomic mass is 10.1. The van der Waals surface area contributed by atoms with Crippen molar-refractivity contribution in [1.82, 2.24) is 0 Å². The summed E-state index contributed by atoms with van der Waals surface area (Å²) >= 11 is 3.41. The van der Waals surface area contributed by atoms with Gasteiger partial charge in [0.2, 0.25) is 0 Å². The van der Waals surface area contributed by atoms with Gasteiger partial charge >= 0.3 is 5.97 Å². The van der Waals surface area contributed by atoms with Crippen LogP contribution in [0.1, 0.15) is 30.0 Å². The normalized spacial score (nSPS) is 11.0. The number of hydrogen-bond donors (Lipinski definition) is 0. The molecule has 0 unspecified atom stereocenters. The fourth-order valence-electron chi connectivity index (χ4n) is 2.39. The Morgan fingerprint density at radius 1 is 1.19 bits per heavy atom. The molecule has 0 atom stereocenters. The van der Waals surface area contributed by atoms with Crippen LogP contribution in [0.25, 0.3) is 6.08 Å². The van der Waals surface area contributed by atoms with Gasteiger partial charge in [0.1, 0.15) is 23.1 Å². The second kappa shape index (κ2) is 9.21. The predicted octanol–water partition coefficient (Wildman–Crippen LogP) is 5.37. The highest BCUT2D eigenvalue weighted by Crippen LogP contribution is 2.28. The number of nitrogens with zero attached hydrogens (tertiary/aromatic N) is 1. The first kappa shape index (κ1) is 19.7. The largest absolute Gasteiger partial charge is 0.494 e. The van der Waals surface area contributed by atoms with E-state index >= 15 is 0 Å². The third-order valence-corrected chi connectivity index (χ3v) is 4.08. The summed E-state index contributed by atoms with van der Waals surface area (Å²) in [5.74, 6) is 0.557. The number of halogens is 1. The quantitative estimate of drug-likeness (QED) is 0.276. The number of carbonyl (C=O) groups excluding carboxylic acids is 1. The van der Waals surface area contributed by atoms with Gasteiger partial charge in [0.05, 0.1) is 6.61 Å². The molecule has 0 spiro atoms. The van der Waals surface area contributed by atoms with Crippen LogP contribution < -0.4 is 9.47 Å². The second-order valence-corrected chi connectivity index (χ2v) is 6.76. The van der Waals surface area contributed by atoms with Gasteiger partial charge in [-0.15, -0.1) is 0 Å². The first-order valence-corrected chi connectivity index (χ1v) is 9.07. The van der Waals surface area contributed by atoms with E-state index in [1.165, 1.54) is 6.08 Å². The highest BCUT2D eigenvalue weighted by molar-refractivity contribution is 9.10. The Morgan fingerprint density at radius 3 is 2.35 bits per heavy atom. The van der Waals surface area contributed by atoms with Gasteiger partial charge in [-0.3, -0.25) is 0 Å². The van der Waals surface area contributed by atoms with E-state index in [0.29, 0.717) is 12.4 Å². The van der Waals surface area contributed by atoms with Crippen molar-refractivity contribution < 1.29 is 14.3 Å². The first-order valence-electron chi connectivity index (χ1n) is 8.28. The number of benzene rings is 2. The topological polar surface area (TPSA) is 59.3 Å². The highest BCUT2D eigenvalue weighted by atomic mass is 79.9. The van der Waals surface area contributed by atoms with Crippen LogP contribution in [-0.2, 0) is 4.79 Å². The van der Waals surface area contributed by atoms with Crippen molar-refractivity contribution in [3.63, 3.8) is 0 Å². The molecule has 0 aliphatic rings. The zero-order valence-electron chi connectivity index (χ0n) is 15.0. The van der Waals surface area contributed by atoms with E-state index in [0.717, 1.165) is 33.3 Å². The highest BCUT2D eigenvalue weighted by Gasteiger charge is 2.15. The number of aryl methyl sites for hydroxylation is 2. The van der Waals surface area contributed by atoms with E-state index in [2.05, 4.69) is 15.9 Å². The van der Waals surface area contributed by atoms with E-state index in [1.54, 1.807) is 12.1 Å². The summed E-state index contributed by atoms with van der Waals surface area (Å²) in [5.41, 5.74) is 2.31. The number of rotatable bonds is 6. The van der Waals surface area contributed by atoms with Gasteiger partial charge in [-0.05, 0) is 67.3 Å². The van der Waals surface area contributed by atoms with Crippen LogP contribution in [0.5, 0.6) is 11.5 Å². The average molecular weight is 414 g/mol. The van der Waals surface area contributed by atoms with Crippen LogP contribution in [0.3, 0.4) is 0 Å². The molecule has 0 saturated heterocycles. The minimum Gasteiger partial charge on any atom is -0.494 e. The van der Waals surface area contributed by atoms with E-state index in [-0.39, 0.29) is 5.57 Å². The summed E-state index contributed by atoms with van der Waals surface area (Å²) < 4.78 is 11.9.